The van der Waals surface area contributed by atoms with Gasteiger partial charge in [-0.3, -0.25) is 9.10 Å². The van der Waals surface area contributed by atoms with Crippen molar-refractivity contribution >= 4 is 27.3 Å². The number of hydrogen-bond acceptors (Lipinski definition) is 3. The molecule has 5 nitrogen and oxygen atoms in total. The molecule has 0 bridgehead atoms. The first kappa shape index (κ1) is 19.0. The smallest absolute Gasteiger partial charge is 0.245 e. The lowest BCUT2D eigenvalue weighted by Gasteiger charge is -2.22. The number of aryl methyl sites for hydroxylation is 3. The highest BCUT2D eigenvalue weighted by molar-refractivity contribution is 7.92. The molecule has 2 aromatic carbocycles. The van der Waals surface area contributed by atoms with Crippen molar-refractivity contribution in [1.29, 1.82) is 0 Å². The van der Waals surface area contributed by atoms with Crippen molar-refractivity contribution in [3.63, 3.8) is 0 Å². The van der Waals surface area contributed by atoms with E-state index in [0.29, 0.717) is 11.4 Å². The van der Waals surface area contributed by atoms with Gasteiger partial charge in [0.25, 0.3) is 0 Å². The van der Waals surface area contributed by atoms with E-state index in [1.807, 2.05) is 44.2 Å². The predicted octanol–water partition coefficient (Wildman–Crippen LogP) is 3.27. The van der Waals surface area contributed by atoms with E-state index in [1.54, 1.807) is 12.1 Å². The summed E-state index contributed by atoms with van der Waals surface area (Å²) >= 11 is 0. The van der Waals surface area contributed by atoms with Crippen LogP contribution in [0.1, 0.15) is 23.6 Å². The molecule has 0 aromatic heterocycles. The van der Waals surface area contributed by atoms with Crippen LogP contribution in [0.15, 0.2) is 42.5 Å². The predicted molar refractivity (Wildman–Crippen MR) is 103 cm³/mol. The average molecular weight is 360 g/mol. The van der Waals surface area contributed by atoms with Gasteiger partial charge in [0, 0.05) is 5.69 Å². The number of anilines is 2. The van der Waals surface area contributed by atoms with Crippen molar-refractivity contribution in [2.75, 3.05) is 22.4 Å². The Labute approximate surface area is 149 Å². The van der Waals surface area contributed by atoms with E-state index >= 15 is 0 Å². The zero-order valence-electron chi connectivity index (χ0n) is 15.0. The molecule has 1 amide bonds. The van der Waals surface area contributed by atoms with Crippen LogP contribution in [-0.4, -0.2) is 27.1 Å². The van der Waals surface area contributed by atoms with Gasteiger partial charge in [-0.1, -0.05) is 25.1 Å². The highest BCUT2D eigenvalue weighted by Crippen LogP contribution is 2.21. The van der Waals surface area contributed by atoms with Crippen molar-refractivity contribution in [2.24, 2.45) is 0 Å². The molecule has 0 saturated heterocycles. The summed E-state index contributed by atoms with van der Waals surface area (Å²) in [5, 5.41) is 2.75. The number of amides is 1. The maximum Gasteiger partial charge on any atom is 0.245 e. The first-order chi connectivity index (χ1) is 11.7. The number of rotatable bonds is 6. The molecule has 0 fully saturated rings. The number of nitrogens with zero attached hydrogens (tertiary/aromatic N) is 1. The summed E-state index contributed by atoms with van der Waals surface area (Å²) in [6, 6.07) is 12.9. The minimum Gasteiger partial charge on any atom is -0.325 e. The summed E-state index contributed by atoms with van der Waals surface area (Å²) in [5.74, 6) is -0.382. The number of carbonyl (C=O) groups is 1. The second-order valence-corrected chi connectivity index (χ2v) is 8.04. The molecule has 0 unspecified atom stereocenters. The van der Waals surface area contributed by atoms with E-state index in [2.05, 4.69) is 12.2 Å². The van der Waals surface area contributed by atoms with Crippen LogP contribution in [-0.2, 0) is 21.2 Å². The Bertz CT molecular complexity index is 859. The molecule has 134 valence electrons. The van der Waals surface area contributed by atoms with Crippen LogP contribution in [0, 0.1) is 13.8 Å². The summed E-state index contributed by atoms with van der Waals surface area (Å²) in [5.41, 5.74) is 4.35. The Balaban J connectivity index is 2.18. The van der Waals surface area contributed by atoms with Crippen molar-refractivity contribution in [3.8, 4) is 0 Å². The minimum absolute atomic E-state index is 0.267. The molecule has 2 aromatic rings. The SMILES string of the molecule is CCc1ccc(NC(=O)CN(c2ccc(C)c(C)c2)S(C)(=O)=O)cc1. The molecule has 6 heteroatoms. The summed E-state index contributed by atoms with van der Waals surface area (Å²) in [7, 11) is -3.57. The fourth-order valence-electron chi connectivity index (χ4n) is 2.44. The third-order valence-electron chi connectivity index (χ3n) is 4.11. The number of benzene rings is 2. The van der Waals surface area contributed by atoms with Gasteiger partial charge >= 0.3 is 0 Å². The van der Waals surface area contributed by atoms with E-state index in [4.69, 9.17) is 0 Å². The van der Waals surface area contributed by atoms with Crippen LogP contribution in [0.2, 0.25) is 0 Å². The molecule has 25 heavy (non-hydrogen) atoms. The van der Waals surface area contributed by atoms with Gasteiger partial charge in [-0.05, 0) is 61.2 Å². The Morgan fingerprint density at radius 1 is 1.04 bits per heavy atom. The maximum atomic E-state index is 12.3. The Hall–Kier alpha value is -2.34. The number of hydrogen-bond donors (Lipinski definition) is 1. The van der Waals surface area contributed by atoms with E-state index in [0.717, 1.165) is 28.1 Å². The lowest BCUT2D eigenvalue weighted by atomic mass is 10.1. The third kappa shape index (κ3) is 5.06. The molecule has 0 heterocycles. The second-order valence-electron chi connectivity index (χ2n) is 6.14. The first-order valence-corrected chi connectivity index (χ1v) is 9.99. The molecule has 0 spiro atoms. The molecular weight excluding hydrogens is 336 g/mol. The number of carbonyl (C=O) groups excluding carboxylic acids is 1. The summed E-state index contributed by atoms with van der Waals surface area (Å²) in [6.07, 6.45) is 2.02. The fourth-order valence-corrected chi connectivity index (χ4v) is 3.28. The van der Waals surface area contributed by atoms with Crippen molar-refractivity contribution in [3.05, 3.63) is 59.2 Å². The van der Waals surface area contributed by atoms with Crippen LogP contribution >= 0.6 is 0 Å². The fraction of sp³-hybridized carbons (Fsp3) is 0.316. The monoisotopic (exact) mass is 360 g/mol. The van der Waals surface area contributed by atoms with Crippen molar-refractivity contribution in [2.45, 2.75) is 27.2 Å². The van der Waals surface area contributed by atoms with Crippen LogP contribution < -0.4 is 9.62 Å². The van der Waals surface area contributed by atoms with Gasteiger partial charge in [-0.2, -0.15) is 0 Å². The van der Waals surface area contributed by atoms with E-state index in [-0.39, 0.29) is 12.5 Å². The summed E-state index contributed by atoms with van der Waals surface area (Å²) in [6.45, 7) is 5.66. The molecule has 1 N–H and O–H groups in total. The Morgan fingerprint density at radius 3 is 2.20 bits per heavy atom. The lowest BCUT2D eigenvalue weighted by Crippen LogP contribution is -2.37. The van der Waals surface area contributed by atoms with Crippen molar-refractivity contribution < 1.29 is 13.2 Å². The maximum absolute atomic E-state index is 12.3. The summed E-state index contributed by atoms with van der Waals surface area (Å²) < 4.78 is 25.4. The summed E-state index contributed by atoms with van der Waals surface area (Å²) in [4.78, 5) is 12.3. The van der Waals surface area contributed by atoms with Gasteiger partial charge in [0.2, 0.25) is 15.9 Å². The minimum atomic E-state index is -3.57. The molecule has 2 rings (SSSR count). The highest BCUT2D eigenvalue weighted by Gasteiger charge is 2.21. The zero-order chi connectivity index (χ0) is 18.6. The zero-order valence-corrected chi connectivity index (χ0v) is 15.9. The van der Waals surface area contributed by atoms with Gasteiger partial charge in [-0.25, -0.2) is 8.42 Å². The van der Waals surface area contributed by atoms with Gasteiger partial charge in [0.15, 0.2) is 0 Å². The van der Waals surface area contributed by atoms with E-state index < -0.39 is 10.0 Å². The first-order valence-electron chi connectivity index (χ1n) is 8.14. The average Bonchev–Trinajstić information content (AvgIpc) is 2.55. The number of nitrogens with one attached hydrogen (secondary N) is 1. The Kier molecular flexibility index (Phi) is 5.85. The topological polar surface area (TPSA) is 66.5 Å². The van der Waals surface area contributed by atoms with Gasteiger partial charge in [0.05, 0.1) is 11.9 Å². The molecule has 0 saturated carbocycles. The largest absolute Gasteiger partial charge is 0.325 e. The molecular formula is C19H24N2O3S. The van der Waals surface area contributed by atoms with Crippen LogP contribution in [0.3, 0.4) is 0 Å². The third-order valence-corrected chi connectivity index (χ3v) is 5.25. The lowest BCUT2D eigenvalue weighted by molar-refractivity contribution is -0.114. The van der Waals surface area contributed by atoms with E-state index in [1.165, 1.54) is 5.56 Å². The molecule has 0 radical (unpaired) electrons. The highest BCUT2D eigenvalue weighted by atomic mass is 32.2. The van der Waals surface area contributed by atoms with Crippen molar-refractivity contribution in [1.82, 2.24) is 0 Å². The van der Waals surface area contributed by atoms with Crippen LogP contribution in [0.5, 0.6) is 0 Å². The van der Waals surface area contributed by atoms with Crippen LogP contribution in [0.4, 0.5) is 11.4 Å². The van der Waals surface area contributed by atoms with E-state index in [9.17, 15) is 13.2 Å². The van der Waals surface area contributed by atoms with Gasteiger partial charge < -0.3 is 5.32 Å². The quantitative estimate of drug-likeness (QED) is 0.860. The molecule has 0 aliphatic carbocycles. The normalized spacial score (nSPS) is 11.2. The van der Waals surface area contributed by atoms with Gasteiger partial charge in [-0.15, -0.1) is 0 Å². The van der Waals surface area contributed by atoms with Crippen LogP contribution in [0.25, 0.3) is 0 Å². The molecule has 0 aliphatic rings. The Morgan fingerprint density at radius 2 is 1.68 bits per heavy atom. The second kappa shape index (κ2) is 7.70. The van der Waals surface area contributed by atoms with Gasteiger partial charge in [0.1, 0.15) is 6.54 Å². The standard InChI is InChI=1S/C19H24N2O3S/c1-5-16-7-9-17(10-8-16)20-19(22)13-21(25(4,23)24)18-11-6-14(2)15(3)12-18/h6-12H,5,13H2,1-4H3,(H,20,22). The number of sulfonamides is 1. The molecule has 0 atom stereocenters. The molecule has 0 aliphatic heterocycles.